The maximum Gasteiger partial charge on any atom is 0.221 e. The number of nitrogens with zero attached hydrogens (tertiary/aromatic N) is 2. The first-order chi connectivity index (χ1) is 11.6. The number of pyridine rings is 1. The van der Waals surface area contributed by atoms with Crippen LogP contribution in [0.4, 0.5) is 0 Å². The quantitative estimate of drug-likeness (QED) is 0.535. The summed E-state index contributed by atoms with van der Waals surface area (Å²) < 4.78 is 3.99. The molecule has 0 radical (unpaired) electrons. The molecule has 0 saturated carbocycles. The van der Waals surface area contributed by atoms with Crippen molar-refractivity contribution in [3.8, 4) is 0 Å². The van der Waals surface area contributed by atoms with Crippen molar-refractivity contribution in [3.63, 3.8) is 0 Å². The van der Waals surface area contributed by atoms with Gasteiger partial charge in [-0.3, -0.25) is 4.79 Å². The average molecular weight is 469 g/mol. The number of carbonyl (C=O) groups is 1. The number of rotatable bonds is 6. The molecule has 4 nitrogen and oxygen atoms in total. The molecule has 0 saturated heterocycles. The van der Waals surface area contributed by atoms with Gasteiger partial charge in [0.05, 0.1) is 12.2 Å². The van der Waals surface area contributed by atoms with Crippen molar-refractivity contribution in [2.24, 2.45) is 0 Å². The first-order valence-corrected chi connectivity index (χ1v) is 9.95. The number of fused-ring (bicyclic) bond motifs is 1. The fourth-order valence-electron chi connectivity index (χ4n) is 2.17. The van der Waals surface area contributed by atoms with Gasteiger partial charge in [-0.05, 0) is 52.3 Å². The van der Waals surface area contributed by atoms with E-state index in [1.54, 1.807) is 11.8 Å². The lowest BCUT2D eigenvalue weighted by atomic mass is 10.4. The second-order valence-corrected chi connectivity index (χ2v) is 8.17. The van der Waals surface area contributed by atoms with Crippen LogP contribution < -0.4 is 5.32 Å². The van der Waals surface area contributed by atoms with E-state index in [2.05, 4.69) is 42.2 Å². The third kappa shape index (κ3) is 4.84. The third-order valence-electron chi connectivity index (χ3n) is 3.34. The van der Waals surface area contributed by atoms with Crippen molar-refractivity contribution < 1.29 is 4.79 Å². The molecule has 0 spiro atoms. The van der Waals surface area contributed by atoms with Crippen molar-refractivity contribution in [3.05, 3.63) is 63.4 Å². The predicted molar refractivity (Wildman–Crippen MR) is 104 cm³/mol. The molecule has 1 amide bonds. The van der Waals surface area contributed by atoms with Crippen LogP contribution in [0.15, 0.2) is 62.6 Å². The highest BCUT2D eigenvalue weighted by atomic mass is 79.9. The van der Waals surface area contributed by atoms with Crippen LogP contribution in [-0.2, 0) is 11.3 Å². The number of halogens is 2. The molecule has 3 rings (SSSR count). The molecule has 0 aliphatic carbocycles. The predicted octanol–water partition coefficient (Wildman–Crippen LogP) is 4.66. The number of benzene rings is 1. The normalized spacial score (nSPS) is 10.9. The van der Waals surface area contributed by atoms with Gasteiger partial charge in [0.2, 0.25) is 5.91 Å². The Labute approximate surface area is 161 Å². The van der Waals surface area contributed by atoms with Gasteiger partial charge < -0.3 is 9.72 Å². The molecule has 0 bridgehead atoms. The molecule has 124 valence electrons. The van der Waals surface area contributed by atoms with Crippen molar-refractivity contribution in [1.82, 2.24) is 14.7 Å². The summed E-state index contributed by atoms with van der Waals surface area (Å²) in [6.07, 6.45) is 4.36. The molecular weight excluding hydrogens is 454 g/mol. The van der Waals surface area contributed by atoms with Gasteiger partial charge in [-0.1, -0.05) is 15.9 Å². The summed E-state index contributed by atoms with van der Waals surface area (Å²) in [6.45, 7) is 0.446. The zero-order valence-electron chi connectivity index (χ0n) is 12.7. The number of imidazole rings is 1. The lowest BCUT2D eigenvalue weighted by Crippen LogP contribution is -2.23. The summed E-state index contributed by atoms with van der Waals surface area (Å²) in [6, 6.07) is 12.0. The highest BCUT2D eigenvalue weighted by Crippen LogP contribution is 2.21. The summed E-state index contributed by atoms with van der Waals surface area (Å²) in [5.41, 5.74) is 1.72. The summed E-state index contributed by atoms with van der Waals surface area (Å²) in [5, 5.41) is 2.92. The van der Waals surface area contributed by atoms with E-state index in [0.717, 1.165) is 30.9 Å². The lowest BCUT2D eigenvalue weighted by Gasteiger charge is -2.04. The number of carbonyl (C=O) groups excluding carboxylic acids is 1. The molecule has 2 aromatic heterocycles. The van der Waals surface area contributed by atoms with Gasteiger partial charge in [-0.15, -0.1) is 11.8 Å². The van der Waals surface area contributed by atoms with Crippen molar-refractivity contribution in [2.45, 2.75) is 17.9 Å². The molecule has 0 aliphatic heterocycles. The van der Waals surface area contributed by atoms with Crippen LogP contribution in [0.25, 0.3) is 5.65 Å². The minimum atomic E-state index is 0.0397. The van der Waals surface area contributed by atoms with Crippen molar-refractivity contribution >= 4 is 55.2 Å². The van der Waals surface area contributed by atoms with E-state index in [1.165, 1.54) is 0 Å². The lowest BCUT2D eigenvalue weighted by molar-refractivity contribution is -0.120. The van der Waals surface area contributed by atoms with E-state index >= 15 is 0 Å². The van der Waals surface area contributed by atoms with Gasteiger partial charge in [0.15, 0.2) is 0 Å². The standard InChI is InChI=1S/C17H15Br2N3OS/c18-12-1-4-15(5-2-12)24-8-7-17(23)20-9-14-11-22-10-13(19)3-6-16(22)21-14/h1-6,10-11H,7-9H2,(H,20,23). The van der Waals surface area contributed by atoms with Gasteiger partial charge >= 0.3 is 0 Å². The van der Waals surface area contributed by atoms with Gasteiger partial charge in [0, 0.05) is 38.4 Å². The first-order valence-electron chi connectivity index (χ1n) is 7.38. The van der Waals surface area contributed by atoms with Crippen LogP contribution in [0.3, 0.4) is 0 Å². The minimum Gasteiger partial charge on any atom is -0.350 e. The highest BCUT2D eigenvalue weighted by molar-refractivity contribution is 9.10. The number of hydrogen-bond acceptors (Lipinski definition) is 3. The SMILES string of the molecule is O=C(CCSc1ccc(Br)cc1)NCc1cn2cc(Br)ccc2n1. The molecule has 0 aliphatic rings. The van der Waals surface area contributed by atoms with Crippen LogP contribution in [0.1, 0.15) is 12.1 Å². The molecular formula is C17H15Br2N3OS. The summed E-state index contributed by atoms with van der Waals surface area (Å²) in [5.74, 6) is 0.795. The fourth-order valence-corrected chi connectivity index (χ4v) is 3.64. The molecule has 24 heavy (non-hydrogen) atoms. The second-order valence-electron chi connectivity index (χ2n) is 5.17. The van der Waals surface area contributed by atoms with E-state index in [1.807, 2.05) is 53.2 Å². The summed E-state index contributed by atoms with van der Waals surface area (Å²) in [4.78, 5) is 17.6. The van der Waals surface area contributed by atoms with E-state index in [0.29, 0.717) is 13.0 Å². The molecule has 1 N–H and O–H groups in total. The molecule has 0 fully saturated rings. The molecule has 1 aromatic carbocycles. The Morgan fingerprint density at radius 2 is 1.83 bits per heavy atom. The number of aromatic nitrogens is 2. The van der Waals surface area contributed by atoms with Crippen molar-refractivity contribution in [2.75, 3.05) is 5.75 Å². The fraction of sp³-hybridized carbons (Fsp3) is 0.176. The molecule has 0 unspecified atom stereocenters. The maximum atomic E-state index is 12.0. The largest absolute Gasteiger partial charge is 0.350 e. The van der Waals surface area contributed by atoms with Crippen LogP contribution in [0, 0.1) is 0 Å². The minimum absolute atomic E-state index is 0.0397. The molecule has 0 atom stereocenters. The van der Waals surface area contributed by atoms with Crippen molar-refractivity contribution in [1.29, 1.82) is 0 Å². The zero-order chi connectivity index (χ0) is 16.9. The van der Waals surface area contributed by atoms with Gasteiger partial charge in [-0.2, -0.15) is 0 Å². The Balaban J connectivity index is 1.45. The van der Waals surface area contributed by atoms with Crippen LogP contribution in [0.2, 0.25) is 0 Å². The smallest absolute Gasteiger partial charge is 0.221 e. The van der Waals surface area contributed by atoms with Crippen LogP contribution >= 0.6 is 43.6 Å². The Kier molecular flexibility index (Phi) is 5.97. The average Bonchev–Trinajstić information content (AvgIpc) is 2.97. The van der Waals surface area contributed by atoms with E-state index in [4.69, 9.17) is 0 Å². The highest BCUT2D eigenvalue weighted by Gasteiger charge is 2.05. The Bertz CT molecular complexity index is 849. The molecule has 2 heterocycles. The van der Waals surface area contributed by atoms with E-state index in [-0.39, 0.29) is 5.91 Å². The number of thioether (sulfide) groups is 1. The Hall–Kier alpha value is -1.31. The Morgan fingerprint density at radius 1 is 1.08 bits per heavy atom. The van der Waals surface area contributed by atoms with E-state index in [9.17, 15) is 4.79 Å². The monoisotopic (exact) mass is 467 g/mol. The van der Waals surface area contributed by atoms with Gasteiger partial charge in [0.25, 0.3) is 0 Å². The zero-order valence-corrected chi connectivity index (χ0v) is 16.7. The number of hydrogen-bond donors (Lipinski definition) is 1. The second kappa shape index (κ2) is 8.18. The Morgan fingerprint density at radius 3 is 2.62 bits per heavy atom. The van der Waals surface area contributed by atoms with E-state index < -0.39 is 0 Å². The van der Waals surface area contributed by atoms with Crippen LogP contribution in [0.5, 0.6) is 0 Å². The number of nitrogens with one attached hydrogen (secondary N) is 1. The van der Waals surface area contributed by atoms with Crippen LogP contribution in [-0.4, -0.2) is 21.0 Å². The van der Waals surface area contributed by atoms with Gasteiger partial charge in [0.1, 0.15) is 5.65 Å². The third-order valence-corrected chi connectivity index (χ3v) is 5.35. The van der Waals surface area contributed by atoms with Gasteiger partial charge in [-0.25, -0.2) is 4.98 Å². The molecule has 7 heteroatoms. The first kappa shape index (κ1) is 17.5. The molecule has 3 aromatic rings. The summed E-state index contributed by atoms with van der Waals surface area (Å²) in [7, 11) is 0. The number of amides is 1. The summed E-state index contributed by atoms with van der Waals surface area (Å²) >= 11 is 8.52. The maximum absolute atomic E-state index is 12.0. The topological polar surface area (TPSA) is 46.4 Å².